The highest BCUT2D eigenvalue weighted by Gasteiger charge is 2.12. The molecule has 1 fully saturated rings. The molecule has 1 saturated heterocycles. The Balaban J connectivity index is 2.26. The lowest BCUT2D eigenvalue weighted by atomic mass is 10.0. The molecule has 0 amide bonds. The molecule has 0 saturated carbocycles. The number of hydrogen-bond acceptors (Lipinski definition) is 3. The van der Waals surface area contributed by atoms with Crippen LogP contribution in [0.3, 0.4) is 0 Å². The molecular formula is C12H24N2O. The molecule has 0 spiro atoms. The van der Waals surface area contributed by atoms with Gasteiger partial charge in [0.25, 0.3) is 0 Å². The topological polar surface area (TPSA) is 24.5 Å². The van der Waals surface area contributed by atoms with Crippen LogP contribution in [-0.4, -0.2) is 50.8 Å². The van der Waals surface area contributed by atoms with E-state index in [4.69, 9.17) is 4.74 Å². The Morgan fingerprint density at radius 2 is 2.13 bits per heavy atom. The van der Waals surface area contributed by atoms with Gasteiger partial charge in [0, 0.05) is 32.8 Å². The first kappa shape index (κ1) is 12.7. The van der Waals surface area contributed by atoms with Crippen molar-refractivity contribution in [3.8, 4) is 0 Å². The molecule has 0 unspecified atom stereocenters. The van der Waals surface area contributed by atoms with Gasteiger partial charge in [-0.25, -0.2) is 0 Å². The Bertz CT molecular complexity index is 208. The average Bonchev–Trinajstić information content (AvgIpc) is 2.13. The fraction of sp³-hybridized carbons (Fsp3) is 0.833. The molecule has 0 aromatic rings. The number of nitrogens with zero attached hydrogens (tertiary/aromatic N) is 1. The largest absolute Gasteiger partial charge is 0.380 e. The summed E-state index contributed by atoms with van der Waals surface area (Å²) in [6.07, 6.45) is 0. The van der Waals surface area contributed by atoms with E-state index in [1.165, 1.54) is 5.57 Å². The van der Waals surface area contributed by atoms with Gasteiger partial charge in [0.1, 0.15) is 0 Å². The van der Waals surface area contributed by atoms with Crippen LogP contribution in [0.1, 0.15) is 20.8 Å². The van der Waals surface area contributed by atoms with E-state index in [1.807, 2.05) is 6.92 Å². The first-order valence-electron chi connectivity index (χ1n) is 5.96. The lowest BCUT2D eigenvalue weighted by Gasteiger charge is -2.26. The van der Waals surface area contributed by atoms with Gasteiger partial charge in [-0.1, -0.05) is 12.5 Å². The SMILES string of the molecule is CCOCCN(CC)CC(C)=C1CNC1. The van der Waals surface area contributed by atoms with E-state index < -0.39 is 0 Å². The van der Waals surface area contributed by atoms with Crippen LogP contribution in [0, 0.1) is 0 Å². The first-order valence-corrected chi connectivity index (χ1v) is 5.96. The maximum atomic E-state index is 5.38. The van der Waals surface area contributed by atoms with E-state index in [2.05, 4.69) is 24.1 Å². The van der Waals surface area contributed by atoms with E-state index in [9.17, 15) is 0 Å². The molecule has 3 heteroatoms. The van der Waals surface area contributed by atoms with Crippen molar-refractivity contribution in [1.29, 1.82) is 0 Å². The zero-order valence-electron chi connectivity index (χ0n) is 10.3. The molecule has 88 valence electrons. The highest BCUT2D eigenvalue weighted by molar-refractivity contribution is 5.22. The predicted octanol–water partition coefficient (Wildman–Crippen LogP) is 1.26. The molecule has 1 aliphatic rings. The Labute approximate surface area is 93.5 Å². The Hall–Kier alpha value is -0.380. The monoisotopic (exact) mass is 212 g/mol. The van der Waals surface area contributed by atoms with Crippen LogP contribution >= 0.6 is 0 Å². The van der Waals surface area contributed by atoms with Gasteiger partial charge in [0.15, 0.2) is 0 Å². The summed E-state index contributed by atoms with van der Waals surface area (Å²) in [4.78, 5) is 2.44. The molecule has 1 N–H and O–H groups in total. The smallest absolute Gasteiger partial charge is 0.0593 e. The van der Waals surface area contributed by atoms with Gasteiger partial charge < -0.3 is 10.1 Å². The van der Waals surface area contributed by atoms with Crippen LogP contribution < -0.4 is 5.32 Å². The van der Waals surface area contributed by atoms with Crippen molar-refractivity contribution < 1.29 is 4.74 Å². The second-order valence-corrected chi connectivity index (χ2v) is 4.05. The summed E-state index contributed by atoms with van der Waals surface area (Å²) in [6, 6.07) is 0. The minimum Gasteiger partial charge on any atom is -0.380 e. The molecular weight excluding hydrogens is 188 g/mol. The summed E-state index contributed by atoms with van der Waals surface area (Å²) in [5.41, 5.74) is 3.12. The molecule has 0 aromatic carbocycles. The van der Waals surface area contributed by atoms with Crippen LogP contribution in [0.15, 0.2) is 11.1 Å². The zero-order valence-corrected chi connectivity index (χ0v) is 10.3. The van der Waals surface area contributed by atoms with Crippen LogP contribution in [0.4, 0.5) is 0 Å². The lowest BCUT2D eigenvalue weighted by molar-refractivity contribution is 0.118. The Kier molecular flexibility index (Phi) is 5.91. The number of hydrogen-bond donors (Lipinski definition) is 1. The fourth-order valence-electron chi connectivity index (χ4n) is 1.69. The van der Waals surface area contributed by atoms with E-state index >= 15 is 0 Å². The molecule has 0 aliphatic carbocycles. The minimum atomic E-state index is 0.821. The summed E-state index contributed by atoms with van der Waals surface area (Å²) < 4.78 is 5.38. The van der Waals surface area contributed by atoms with Gasteiger partial charge in [0.05, 0.1) is 6.61 Å². The van der Waals surface area contributed by atoms with E-state index in [-0.39, 0.29) is 0 Å². The van der Waals surface area contributed by atoms with Gasteiger partial charge >= 0.3 is 0 Å². The highest BCUT2D eigenvalue weighted by Crippen LogP contribution is 2.10. The third kappa shape index (κ3) is 4.33. The van der Waals surface area contributed by atoms with E-state index in [0.717, 1.165) is 45.9 Å². The quantitative estimate of drug-likeness (QED) is 0.508. The van der Waals surface area contributed by atoms with Crippen LogP contribution in [-0.2, 0) is 4.74 Å². The average molecular weight is 212 g/mol. The van der Waals surface area contributed by atoms with Crippen molar-refractivity contribution >= 4 is 0 Å². The van der Waals surface area contributed by atoms with Crippen molar-refractivity contribution in [2.24, 2.45) is 0 Å². The maximum absolute atomic E-state index is 5.38. The lowest BCUT2D eigenvalue weighted by Crippen LogP contribution is -2.37. The Morgan fingerprint density at radius 1 is 1.40 bits per heavy atom. The van der Waals surface area contributed by atoms with Crippen LogP contribution in [0.2, 0.25) is 0 Å². The van der Waals surface area contributed by atoms with Crippen molar-refractivity contribution in [1.82, 2.24) is 10.2 Å². The Morgan fingerprint density at radius 3 is 2.60 bits per heavy atom. The summed E-state index contributed by atoms with van der Waals surface area (Å²) in [6.45, 7) is 13.6. The molecule has 1 aliphatic heterocycles. The summed E-state index contributed by atoms with van der Waals surface area (Å²) in [5.74, 6) is 0. The summed E-state index contributed by atoms with van der Waals surface area (Å²) in [5, 5.41) is 3.28. The fourth-order valence-corrected chi connectivity index (χ4v) is 1.69. The van der Waals surface area contributed by atoms with Gasteiger partial charge in [-0.15, -0.1) is 0 Å². The van der Waals surface area contributed by atoms with Crippen LogP contribution in [0.5, 0.6) is 0 Å². The van der Waals surface area contributed by atoms with Gasteiger partial charge in [-0.05, 0) is 26.0 Å². The second kappa shape index (κ2) is 6.99. The van der Waals surface area contributed by atoms with Gasteiger partial charge in [-0.3, -0.25) is 4.90 Å². The normalized spacial score (nSPS) is 15.6. The molecule has 0 bridgehead atoms. The van der Waals surface area contributed by atoms with E-state index in [1.54, 1.807) is 5.57 Å². The third-order valence-corrected chi connectivity index (χ3v) is 2.94. The standard InChI is InChI=1S/C12H24N2O/c1-4-14(6-7-15-5-2)10-11(3)12-8-13-9-12/h13H,4-10H2,1-3H3. The number of rotatable bonds is 7. The molecule has 1 heterocycles. The third-order valence-electron chi connectivity index (χ3n) is 2.94. The molecule has 1 rings (SSSR count). The minimum absolute atomic E-state index is 0.821. The van der Waals surface area contributed by atoms with E-state index in [0.29, 0.717) is 0 Å². The predicted molar refractivity (Wildman–Crippen MR) is 64.2 cm³/mol. The number of nitrogens with one attached hydrogen (secondary N) is 1. The molecule has 0 aromatic heterocycles. The van der Waals surface area contributed by atoms with Crippen molar-refractivity contribution in [3.05, 3.63) is 11.1 Å². The zero-order chi connectivity index (χ0) is 11.1. The molecule has 0 radical (unpaired) electrons. The molecule has 15 heavy (non-hydrogen) atoms. The second-order valence-electron chi connectivity index (χ2n) is 4.05. The van der Waals surface area contributed by atoms with Gasteiger partial charge in [0.2, 0.25) is 0 Å². The molecule has 3 nitrogen and oxygen atoms in total. The van der Waals surface area contributed by atoms with Crippen molar-refractivity contribution in [2.75, 3.05) is 45.9 Å². The number of ether oxygens (including phenoxy) is 1. The van der Waals surface area contributed by atoms with Crippen molar-refractivity contribution in [2.45, 2.75) is 20.8 Å². The summed E-state index contributed by atoms with van der Waals surface area (Å²) in [7, 11) is 0. The van der Waals surface area contributed by atoms with Crippen LogP contribution in [0.25, 0.3) is 0 Å². The van der Waals surface area contributed by atoms with Gasteiger partial charge in [-0.2, -0.15) is 0 Å². The number of likely N-dealkylation sites (N-methyl/N-ethyl adjacent to an activating group) is 1. The van der Waals surface area contributed by atoms with Crippen molar-refractivity contribution in [3.63, 3.8) is 0 Å². The molecule has 0 atom stereocenters. The highest BCUT2D eigenvalue weighted by atomic mass is 16.5. The maximum Gasteiger partial charge on any atom is 0.0593 e. The summed E-state index contributed by atoms with van der Waals surface area (Å²) >= 11 is 0. The first-order chi connectivity index (χ1) is 7.27.